The number of aryl methyl sites for hydroxylation is 2. The molecule has 0 saturated heterocycles. The fourth-order valence-electron chi connectivity index (χ4n) is 1.66. The summed E-state index contributed by atoms with van der Waals surface area (Å²) in [5.74, 6) is -2.28. The number of anilines is 1. The zero-order valence-corrected chi connectivity index (χ0v) is 11.6. The Morgan fingerprint density at radius 3 is 2.50 bits per heavy atom. The summed E-state index contributed by atoms with van der Waals surface area (Å²) in [6.45, 7) is 3.19. The fourth-order valence-corrected chi connectivity index (χ4v) is 1.76. The van der Waals surface area contributed by atoms with Gasteiger partial charge in [0, 0.05) is 6.07 Å². The summed E-state index contributed by atoms with van der Waals surface area (Å²) in [5.41, 5.74) is 1.04. The Morgan fingerprint density at radius 1 is 1.15 bits per heavy atom. The van der Waals surface area contributed by atoms with Gasteiger partial charge in [0.2, 0.25) is 0 Å². The molecule has 3 nitrogen and oxygen atoms in total. The molecule has 0 unspecified atom stereocenters. The van der Waals surface area contributed by atoms with Crippen LogP contribution in [0.2, 0.25) is 5.15 Å². The van der Waals surface area contributed by atoms with Crippen molar-refractivity contribution in [3.8, 4) is 0 Å². The second-order valence-corrected chi connectivity index (χ2v) is 4.73. The number of rotatable bonds is 2. The molecule has 0 fully saturated rings. The second kappa shape index (κ2) is 5.54. The lowest BCUT2D eigenvalue weighted by Crippen LogP contribution is -2.14. The molecular weight excluding hydrogens is 286 g/mol. The van der Waals surface area contributed by atoms with E-state index in [9.17, 15) is 13.6 Å². The lowest BCUT2D eigenvalue weighted by molar-refractivity contribution is 0.102. The van der Waals surface area contributed by atoms with E-state index in [0.29, 0.717) is 22.5 Å². The molecule has 0 aliphatic carbocycles. The first-order valence-corrected chi connectivity index (χ1v) is 6.15. The number of aromatic nitrogens is 1. The van der Waals surface area contributed by atoms with Crippen molar-refractivity contribution in [2.75, 3.05) is 5.32 Å². The van der Waals surface area contributed by atoms with E-state index in [-0.39, 0.29) is 11.1 Å². The van der Waals surface area contributed by atoms with Crippen LogP contribution in [0.4, 0.5) is 14.5 Å². The van der Waals surface area contributed by atoms with Crippen LogP contribution < -0.4 is 5.32 Å². The van der Waals surface area contributed by atoms with Crippen LogP contribution >= 0.6 is 11.6 Å². The Balaban J connectivity index is 2.28. The summed E-state index contributed by atoms with van der Waals surface area (Å²) in [4.78, 5) is 15.8. The van der Waals surface area contributed by atoms with E-state index in [1.807, 2.05) is 0 Å². The first-order chi connectivity index (χ1) is 9.38. The molecule has 2 rings (SSSR count). The van der Waals surface area contributed by atoms with Crippen LogP contribution in [-0.4, -0.2) is 10.9 Å². The van der Waals surface area contributed by atoms with E-state index in [2.05, 4.69) is 10.3 Å². The fraction of sp³-hybridized carbons (Fsp3) is 0.143. The number of pyridine rings is 1. The van der Waals surface area contributed by atoms with Gasteiger partial charge in [-0.05, 0) is 37.1 Å². The van der Waals surface area contributed by atoms with Crippen LogP contribution in [0.3, 0.4) is 0 Å². The monoisotopic (exact) mass is 296 g/mol. The second-order valence-electron chi connectivity index (χ2n) is 4.37. The highest BCUT2D eigenvalue weighted by Gasteiger charge is 2.15. The third-order valence-electron chi connectivity index (χ3n) is 2.77. The minimum Gasteiger partial charge on any atom is -0.320 e. The van der Waals surface area contributed by atoms with E-state index in [0.717, 1.165) is 6.07 Å². The first kappa shape index (κ1) is 14.4. The molecule has 0 saturated carbocycles. The smallest absolute Gasteiger partial charge is 0.258 e. The van der Waals surface area contributed by atoms with Gasteiger partial charge in [-0.25, -0.2) is 13.8 Å². The highest BCUT2D eigenvalue weighted by atomic mass is 35.5. The van der Waals surface area contributed by atoms with Crippen LogP contribution in [0.1, 0.15) is 21.5 Å². The molecule has 0 atom stereocenters. The lowest BCUT2D eigenvalue weighted by atomic mass is 10.1. The van der Waals surface area contributed by atoms with Gasteiger partial charge in [-0.2, -0.15) is 0 Å². The highest BCUT2D eigenvalue weighted by molar-refractivity contribution is 6.30. The molecule has 6 heteroatoms. The maximum atomic E-state index is 13.6. The number of carbonyl (C=O) groups excluding carboxylic acids is 1. The number of halogens is 3. The van der Waals surface area contributed by atoms with Crippen molar-refractivity contribution in [2.45, 2.75) is 13.8 Å². The van der Waals surface area contributed by atoms with Gasteiger partial charge in [0.1, 0.15) is 16.8 Å². The van der Waals surface area contributed by atoms with Crippen molar-refractivity contribution in [1.29, 1.82) is 0 Å². The van der Waals surface area contributed by atoms with Gasteiger partial charge in [0.25, 0.3) is 5.91 Å². The molecule has 0 bridgehead atoms. The Morgan fingerprint density at radius 2 is 1.85 bits per heavy atom. The Labute approximate surface area is 119 Å². The summed E-state index contributed by atoms with van der Waals surface area (Å²) >= 11 is 5.77. The van der Waals surface area contributed by atoms with Gasteiger partial charge >= 0.3 is 0 Å². The molecule has 1 aromatic carbocycles. The maximum absolute atomic E-state index is 13.6. The molecule has 1 heterocycles. The van der Waals surface area contributed by atoms with Gasteiger partial charge in [0.05, 0.1) is 17.4 Å². The normalized spacial score (nSPS) is 10.4. The average molecular weight is 297 g/mol. The van der Waals surface area contributed by atoms with E-state index >= 15 is 0 Å². The van der Waals surface area contributed by atoms with Crippen LogP contribution in [-0.2, 0) is 0 Å². The summed E-state index contributed by atoms with van der Waals surface area (Å²) in [6, 6.07) is 3.47. The molecule has 1 N–H and O–H groups in total. The number of amides is 1. The predicted octanol–water partition coefficient (Wildman–Crippen LogP) is 3.88. The van der Waals surface area contributed by atoms with Crippen molar-refractivity contribution < 1.29 is 13.6 Å². The third kappa shape index (κ3) is 2.93. The third-order valence-corrected chi connectivity index (χ3v) is 3.16. The predicted molar refractivity (Wildman–Crippen MR) is 73.0 cm³/mol. The van der Waals surface area contributed by atoms with E-state index < -0.39 is 17.5 Å². The van der Waals surface area contributed by atoms with Gasteiger partial charge in [-0.3, -0.25) is 4.79 Å². The first-order valence-electron chi connectivity index (χ1n) is 5.77. The molecule has 0 aliphatic heterocycles. The number of nitrogens with one attached hydrogen (secondary N) is 1. The number of hydrogen-bond donors (Lipinski definition) is 1. The van der Waals surface area contributed by atoms with Crippen molar-refractivity contribution >= 4 is 23.2 Å². The number of nitrogens with zero attached hydrogens (tertiary/aromatic N) is 1. The molecule has 1 amide bonds. The Kier molecular flexibility index (Phi) is 3.99. The minimum absolute atomic E-state index is 0.196. The molecule has 20 heavy (non-hydrogen) atoms. The maximum Gasteiger partial charge on any atom is 0.258 e. The minimum atomic E-state index is -0.913. The van der Waals surface area contributed by atoms with Crippen LogP contribution in [0, 0.1) is 25.5 Å². The average Bonchev–Trinajstić information content (AvgIpc) is 2.38. The quantitative estimate of drug-likeness (QED) is 0.855. The standard InChI is InChI=1S/C14H11ClF2N2O/c1-7-4-10(12(17)5-11(7)16)14(20)19-9-3-8(2)13(15)18-6-9/h3-6H,1-2H3,(H,19,20). The molecular formula is C14H11ClF2N2O. The lowest BCUT2D eigenvalue weighted by Gasteiger charge is -2.08. The van der Waals surface area contributed by atoms with E-state index in [4.69, 9.17) is 11.6 Å². The molecule has 0 radical (unpaired) electrons. The van der Waals surface area contributed by atoms with Gasteiger partial charge in [-0.1, -0.05) is 11.6 Å². The summed E-state index contributed by atoms with van der Waals surface area (Å²) in [6.07, 6.45) is 1.36. The van der Waals surface area contributed by atoms with Gasteiger partial charge in [-0.15, -0.1) is 0 Å². The summed E-state index contributed by atoms with van der Waals surface area (Å²) in [5, 5.41) is 2.82. The number of benzene rings is 1. The number of carbonyl (C=O) groups is 1. The van der Waals surface area contributed by atoms with Crippen LogP contribution in [0.5, 0.6) is 0 Å². The zero-order chi connectivity index (χ0) is 14.9. The molecule has 0 aliphatic rings. The van der Waals surface area contributed by atoms with Crippen LogP contribution in [0.15, 0.2) is 24.4 Å². The Bertz CT molecular complexity index is 689. The molecule has 0 spiro atoms. The van der Waals surface area contributed by atoms with Gasteiger partial charge < -0.3 is 5.32 Å². The van der Waals surface area contributed by atoms with E-state index in [1.165, 1.54) is 13.1 Å². The number of hydrogen-bond acceptors (Lipinski definition) is 2. The molecule has 104 valence electrons. The Hall–Kier alpha value is -2.01. The largest absolute Gasteiger partial charge is 0.320 e. The topological polar surface area (TPSA) is 42.0 Å². The van der Waals surface area contributed by atoms with Crippen molar-refractivity contribution in [3.63, 3.8) is 0 Å². The van der Waals surface area contributed by atoms with Crippen molar-refractivity contribution in [3.05, 3.63) is 57.9 Å². The summed E-state index contributed by atoms with van der Waals surface area (Å²) in [7, 11) is 0. The summed E-state index contributed by atoms with van der Waals surface area (Å²) < 4.78 is 26.7. The van der Waals surface area contributed by atoms with Crippen LogP contribution in [0.25, 0.3) is 0 Å². The van der Waals surface area contributed by atoms with Gasteiger partial charge in [0.15, 0.2) is 0 Å². The SMILES string of the molecule is Cc1cc(C(=O)Nc2cnc(Cl)c(C)c2)c(F)cc1F. The zero-order valence-electron chi connectivity index (χ0n) is 10.8. The molecule has 2 aromatic rings. The highest BCUT2D eigenvalue weighted by Crippen LogP contribution is 2.19. The van der Waals surface area contributed by atoms with E-state index in [1.54, 1.807) is 13.0 Å². The molecule has 1 aromatic heterocycles. The van der Waals surface area contributed by atoms with Crippen molar-refractivity contribution in [1.82, 2.24) is 4.98 Å². The van der Waals surface area contributed by atoms with Crippen molar-refractivity contribution in [2.24, 2.45) is 0 Å².